The maximum absolute atomic E-state index is 13.6. The van der Waals surface area contributed by atoms with Crippen molar-refractivity contribution in [2.24, 2.45) is 0 Å². The molecule has 0 spiro atoms. The molecule has 0 fully saturated rings. The van der Waals surface area contributed by atoms with Gasteiger partial charge in [0.15, 0.2) is 5.65 Å². The first kappa shape index (κ1) is 13.5. The maximum Gasteiger partial charge on any atom is 0.243 e. The number of pyridine rings is 1. The molecule has 3 rings (SSSR count). The fraction of sp³-hybridized carbons (Fsp3) is 0.250. The van der Waals surface area contributed by atoms with Gasteiger partial charge < -0.3 is 5.32 Å². The van der Waals surface area contributed by atoms with Gasteiger partial charge in [0.05, 0.1) is 0 Å². The molecule has 0 aliphatic carbocycles. The van der Waals surface area contributed by atoms with E-state index in [0.29, 0.717) is 23.6 Å². The Morgan fingerprint density at radius 1 is 1.14 bits per heavy atom. The third-order valence-corrected chi connectivity index (χ3v) is 3.43. The Morgan fingerprint density at radius 2 is 1.86 bits per heavy atom. The smallest absolute Gasteiger partial charge is 0.243 e. The second kappa shape index (κ2) is 5.16. The van der Waals surface area contributed by atoms with Crippen molar-refractivity contribution in [1.82, 2.24) is 14.6 Å². The molecule has 0 radical (unpaired) electrons. The normalized spacial score (nSPS) is 11.0. The van der Waals surface area contributed by atoms with E-state index in [1.54, 1.807) is 18.4 Å². The van der Waals surface area contributed by atoms with Crippen molar-refractivity contribution in [3.8, 4) is 0 Å². The number of aromatic nitrogens is 3. The van der Waals surface area contributed by atoms with Crippen LogP contribution in [0.2, 0.25) is 0 Å². The first-order valence-electron chi connectivity index (χ1n) is 6.85. The highest BCUT2D eigenvalue weighted by atomic mass is 19.1. The Hall–Kier alpha value is -2.43. The van der Waals surface area contributed by atoms with Crippen LogP contribution in [-0.4, -0.2) is 14.6 Å². The molecule has 0 atom stereocenters. The Labute approximate surface area is 122 Å². The van der Waals surface area contributed by atoms with Crippen LogP contribution in [0.3, 0.4) is 0 Å². The molecule has 0 unspecified atom stereocenters. The lowest BCUT2D eigenvalue weighted by molar-refractivity contribution is 0.608. The summed E-state index contributed by atoms with van der Waals surface area (Å²) in [6, 6.07) is 7.62. The minimum Gasteiger partial charge on any atom is -0.349 e. The van der Waals surface area contributed by atoms with E-state index in [0.717, 1.165) is 16.8 Å². The predicted octanol–water partition coefficient (Wildman–Crippen LogP) is 3.41. The first-order chi connectivity index (χ1) is 10.0. The molecule has 21 heavy (non-hydrogen) atoms. The number of hydrogen-bond acceptors (Lipinski definition) is 3. The molecule has 5 heteroatoms. The highest BCUT2D eigenvalue weighted by molar-refractivity contribution is 5.44. The number of anilines is 1. The molecule has 0 saturated carbocycles. The number of benzene rings is 1. The summed E-state index contributed by atoms with van der Waals surface area (Å²) < 4.78 is 15.4. The average Bonchev–Trinajstić information content (AvgIpc) is 2.84. The molecule has 3 aromatic rings. The molecule has 0 bridgehead atoms. The Kier molecular flexibility index (Phi) is 3.33. The van der Waals surface area contributed by atoms with E-state index in [9.17, 15) is 4.39 Å². The van der Waals surface area contributed by atoms with Crippen LogP contribution in [-0.2, 0) is 6.54 Å². The minimum absolute atomic E-state index is 0.139. The number of nitrogens with one attached hydrogen (secondary N) is 1. The fourth-order valence-corrected chi connectivity index (χ4v) is 2.38. The fourth-order valence-electron chi connectivity index (χ4n) is 2.38. The van der Waals surface area contributed by atoms with E-state index < -0.39 is 0 Å². The Balaban J connectivity index is 1.80. The van der Waals surface area contributed by atoms with Crippen molar-refractivity contribution in [3.05, 3.63) is 58.5 Å². The summed E-state index contributed by atoms with van der Waals surface area (Å²) >= 11 is 0. The second-order valence-corrected chi connectivity index (χ2v) is 5.34. The van der Waals surface area contributed by atoms with Crippen LogP contribution < -0.4 is 5.32 Å². The third kappa shape index (κ3) is 2.72. The van der Waals surface area contributed by atoms with Gasteiger partial charge in [0, 0.05) is 12.7 Å². The minimum atomic E-state index is -0.139. The lowest BCUT2D eigenvalue weighted by atomic mass is 10.1. The van der Waals surface area contributed by atoms with Crippen LogP contribution in [0.4, 0.5) is 10.3 Å². The van der Waals surface area contributed by atoms with E-state index in [2.05, 4.69) is 15.4 Å². The molecule has 0 amide bonds. The van der Waals surface area contributed by atoms with Crippen LogP contribution in [0, 0.1) is 26.6 Å². The highest BCUT2D eigenvalue weighted by Gasteiger charge is 2.06. The molecule has 0 aliphatic rings. The highest BCUT2D eigenvalue weighted by Crippen LogP contribution is 2.16. The average molecular weight is 284 g/mol. The van der Waals surface area contributed by atoms with Crippen molar-refractivity contribution >= 4 is 11.6 Å². The quantitative estimate of drug-likeness (QED) is 0.801. The number of nitrogens with zero attached hydrogens (tertiary/aromatic N) is 3. The Bertz CT molecular complexity index is 784. The van der Waals surface area contributed by atoms with Gasteiger partial charge in [-0.1, -0.05) is 18.2 Å². The molecular weight excluding hydrogens is 267 g/mol. The van der Waals surface area contributed by atoms with Crippen LogP contribution in [0.25, 0.3) is 5.65 Å². The van der Waals surface area contributed by atoms with Gasteiger partial charge in [-0.3, -0.25) is 0 Å². The van der Waals surface area contributed by atoms with Crippen molar-refractivity contribution < 1.29 is 4.39 Å². The van der Waals surface area contributed by atoms with E-state index in [1.807, 2.05) is 37.4 Å². The van der Waals surface area contributed by atoms with Crippen molar-refractivity contribution in [1.29, 1.82) is 0 Å². The summed E-state index contributed by atoms with van der Waals surface area (Å²) in [5.74, 6) is 0.431. The summed E-state index contributed by atoms with van der Waals surface area (Å²) in [5.41, 5.74) is 4.26. The molecule has 1 N–H and O–H groups in total. The number of hydrogen-bond donors (Lipinski definition) is 1. The molecule has 0 aliphatic heterocycles. The summed E-state index contributed by atoms with van der Waals surface area (Å²) in [7, 11) is 0. The zero-order chi connectivity index (χ0) is 15.0. The Morgan fingerprint density at radius 3 is 2.57 bits per heavy atom. The molecule has 0 saturated heterocycles. The van der Waals surface area contributed by atoms with E-state index in [-0.39, 0.29) is 5.82 Å². The van der Waals surface area contributed by atoms with E-state index in [1.165, 1.54) is 0 Å². The van der Waals surface area contributed by atoms with Gasteiger partial charge in [-0.25, -0.2) is 8.91 Å². The second-order valence-electron chi connectivity index (χ2n) is 5.34. The van der Waals surface area contributed by atoms with Crippen molar-refractivity contribution in [3.63, 3.8) is 0 Å². The largest absolute Gasteiger partial charge is 0.349 e. The predicted molar refractivity (Wildman–Crippen MR) is 80.9 cm³/mol. The third-order valence-electron chi connectivity index (χ3n) is 3.43. The van der Waals surface area contributed by atoms with Gasteiger partial charge >= 0.3 is 0 Å². The lowest BCUT2D eigenvalue weighted by Crippen LogP contribution is -2.03. The van der Waals surface area contributed by atoms with Crippen molar-refractivity contribution in [2.75, 3.05) is 5.32 Å². The van der Waals surface area contributed by atoms with Gasteiger partial charge in [-0.15, -0.1) is 5.10 Å². The van der Waals surface area contributed by atoms with E-state index in [4.69, 9.17) is 0 Å². The van der Waals surface area contributed by atoms with Gasteiger partial charge in [0.25, 0.3) is 0 Å². The number of rotatable bonds is 3. The SMILES string of the molecule is Cc1ccc2nc(NCc3cc(C)c(F)c(C)c3)nn2c1. The van der Waals surface area contributed by atoms with Crippen LogP contribution in [0.15, 0.2) is 30.5 Å². The van der Waals surface area contributed by atoms with Gasteiger partial charge in [0.2, 0.25) is 5.95 Å². The van der Waals surface area contributed by atoms with Crippen LogP contribution in [0.1, 0.15) is 22.3 Å². The maximum atomic E-state index is 13.6. The van der Waals surface area contributed by atoms with Gasteiger partial charge in [-0.2, -0.15) is 4.98 Å². The van der Waals surface area contributed by atoms with Gasteiger partial charge in [0.1, 0.15) is 5.82 Å². The van der Waals surface area contributed by atoms with E-state index >= 15 is 0 Å². The summed E-state index contributed by atoms with van der Waals surface area (Å²) in [5, 5.41) is 7.55. The van der Waals surface area contributed by atoms with Crippen molar-refractivity contribution in [2.45, 2.75) is 27.3 Å². The molecule has 108 valence electrons. The first-order valence-corrected chi connectivity index (χ1v) is 6.85. The molecule has 4 nitrogen and oxygen atoms in total. The summed E-state index contributed by atoms with van der Waals surface area (Å²) in [4.78, 5) is 4.40. The monoisotopic (exact) mass is 284 g/mol. The summed E-state index contributed by atoms with van der Waals surface area (Å²) in [6.45, 7) is 6.13. The van der Waals surface area contributed by atoms with Crippen LogP contribution >= 0.6 is 0 Å². The number of halogens is 1. The number of aryl methyl sites for hydroxylation is 3. The summed E-state index contributed by atoms with van der Waals surface area (Å²) in [6.07, 6.45) is 1.93. The zero-order valence-electron chi connectivity index (χ0n) is 12.3. The molecule has 2 heterocycles. The molecular formula is C16H17FN4. The number of fused-ring (bicyclic) bond motifs is 1. The lowest BCUT2D eigenvalue weighted by Gasteiger charge is -2.07. The topological polar surface area (TPSA) is 42.2 Å². The zero-order valence-corrected chi connectivity index (χ0v) is 12.3. The molecule has 2 aromatic heterocycles. The molecule has 1 aromatic carbocycles. The van der Waals surface area contributed by atoms with Crippen LogP contribution in [0.5, 0.6) is 0 Å². The standard InChI is InChI=1S/C16H17FN4/c1-10-4-5-14-19-16(20-21(14)9-10)18-8-13-6-11(2)15(17)12(3)7-13/h4-7,9H,8H2,1-3H3,(H,18,20). The van der Waals surface area contributed by atoms with Gasteiger partial charge in [-0.05, 0) is 49.1 Å².